The van der Waals surface area contributed by atoms with Gasteiger partial charge in [0.25, 0.3) is 11.1 Å². The van der Waals surface area contributed by atoms with E-state index in [1.54, 1.807) is 24.3 Å². The quantitative estimate of drug-likeness (QED) is 0.229. The average molecular weight is 522 g/mol. The molecule has 186 valence electrons. The van der Waals surface area contributed by atoms with Crippen LogP contribution in [0.4, 0.5) is 4.79 Å². The highest BCUT2D eigenvalue weighted by Crippen LogP contribution is 2.35. The van der Waals surface area contributed by atoms with E-state index in [4.69, 9.17) is 21.1 Å². The van der Waals surface area contributed by atoms with E-state index in [0.717, 1.165) is 28.6 Å². The predicted molar refractivity (Wildman–Crippen MR) is 146 cm³/mol. The molecule has 3 aromatic carbocycles. The van der Waals surface area contributed by atoms with E-state index in [-0.39, 0.29) is 23.1 Å². The van der Waals surface area contributed by atoms with E-state index in [2.05, 4.69) is 32.9 Å². The first-order valence-corrected chi connectivity index (χ1v) is 12.8. The van der Waals surface area contributed by atoms with Crippen LogP contribution in [0.3, 0.4) is 0 Å². The van der Waals surface area contributed by atoms with Crippen molar-refractivity contribution in [2.45, 2.75) is 32.7 Å². The number of hydrogen-bond acceptors (Lipinski definition) is 5. The zero-order valence-corrected chi connectivity index (χ0v) is 22.1. The molecule has 0 aromatic heterocycles. The van der Waals surface area contributed by atoms with Gasteiger partial charge in [-0.15, -0.1) is 0 Å². The first-order valence-electron chi connectivity index (χ1n) is 11.7. The number of amides is 2. The topological polar surface area (TPSA) is 55.8 Å². The smallest absolute Gasteiger partial charge is 0.293 e. The lowest BCUT2D eigenvalue weighted by molar-refractivity contribution is -0.123. The molecule has 7 heteroatoms. The number of carbonyl (C=O) groups excluding carboxylic acids is 2. The SMILES string of the molecule is CC(C)(C)c1ccc(OCCOc2ccccc2/C=C2\SC(=O)N(Cc3cccc(Cl)c3)C2=O)cc1. The lowest BCUT2D eigenvalue weighted by atomic mass is 9.87. The van der Waals surface area contributed by atoms with Crippen molar-refractivity contribution in [2.24, 2.45) is 0 Å². The highest BCUT2D eigenvalue weighted by molar-refractivity contribution is 8.18. The van der Waals surface area contributed by atoms with Gasteiger partial charge in [-0.2, -0.15) is 0 Å². The third kappa shape index (κ3) is 6.50. The highest BCUT2D eigenvalue weighted by atomic mass is 35.5. The van der Waals surface area contributed by atoms with Gasteiger partial charge in [-0.3, -0.25) is 14.5 Å². The number of benzene rings is 3. The molecule has 3 aromatic rings. The van der Waals surface area contributed by atoms with E-state index in [9.17, 15) is 9.59 Å². The van der Waals surface area contributed by atoms with Crippen LogP contribution in [0.2, 0.25) is 5.02 Å². The third-order valence-electron chi connectivity index (χ3n) is 5.64. The molecule has 0 saturated carbocycles. The van der Waals surface area contributed by atoms with Crippen LogP contribution in [0.25, 0.3) is 6.08 Å². The monoisotopic (exact) mass is 521 g/mol. The number of ether oxygens (including phenoxy) is 2. The van der Waals surface area contributed by atoms with E-state index in [1.807, 2.05) is 42.5 Å². The second-order valence-electron chi connectivity index (χ2n) is 9.41. The van der Waals surface area contributed by atoms with Gasteiger partial charge in [0.05, 0.1) is 11.4 Å². The van der Waals surface area contributed by atoms with E-state index < -0.39 is 0 Å². The molecule has 0 N–H and O–H groups in total. The van der Waals surface area contributed by atoms with Gasteiger partial charge in [0, 0.05) is 10.6 Å². The van der Waals surface area contributed by atoms with Crippen LogP contribution in [-0.2, 0) is 16.8 Å². The van der Waals surface area contributed by atoms with Crippen molar-refractivity contribution in [1.82, 2.24) is 4.90 Å². The zero-order chi connectivity index (χ0) is 25.7. The Kier molecular flexibility index (Phi) is 8.07. The minimum absolute atomic E-state index is 0.0930. The molecule has 1 saturated heterocycles. The molecular formula is C29H28ClNO4S. The van der Waals surface area contributed by atoms with Gasteiger partial charge in [-0.1, -0.05) is 74.8 Å². The summed E-state index contributed by atoms with van der Waals surface area (Å²) in [5.74, 6) is 1.07. The minimum atomic E-state index is -0.332. The second kappa shape index (κ2) is 11.2. The minimum Gasteiger partial charge on any atom is -0.490 e. The van der Waals surface area contributed by atoms with E-state index >= 15 is 0 Å². The molecular weight excluding hydrogens is 494 g/mol. The number of imide groups is 1. The summed E-state index contributed by atoms with van der Waals surface area (Å²) in [5.41, 5.74) is 2.86. The van der Waals surface area contributed by atoms with Gasteiger partial charge < -0.3 is 9.47 Å². The summed E-state index contributed by atoms with van der Waals surface area (Å²) in [5, 5.41) is 0.252. The van der Waals surface area contributed by atoms with Crippen molar-refractivity contribution in [2.75, 3.05) is 13.2 Å². The van der Waals surface area contributed by atoms with Crippen molar-refractivity contribution in [3.05, 3.63) is 99.4 Å². The molecule has 1 heterocycles. The molecule has 0 unspecified atom stereocenters. The Morgan fingerprint density at radius 2 is 1.64 bits per heavy atom. The fourth-order valence-corrected chi connectivity index (χ4v) is 4.73. The lowest BCUT2D eigenvalue weighted by Gasteiger charge is -2.19. The normalized spacial score (nSPS) is 15.0. The molecule has 1 fully saturated rings. The van der Waals surface area contributed by atoms with Crippen LogP contribution in [0.5, 0.6) is 11.5 Å². The molecule has 1 aliphatic heterocycles. The Morgan fingerprint density at radius 1 is 0.917 bits per heavy atom. The summed E-state index contributed by atoms with van der Waals surface area (Å²) in [4.78, 5) is 27.1. The van der Waals surface area contributed by atoms with Gasteiger partial charge in [-0.25, -0.2) is 0 Å². The molecule has 2 amide bonds. The van der Waals surface area contributed by atoms with Crippen LogP contribution >= 0.6 is 23.4 Å². The third-order valence-corrected chi connectivity index (χ3v) is 6.78. The van der Waals surface area contributed by atoms with Gasteiger partial charge in [0.1, 0.15) is 24.7 Å². The molecule has 0 radical (unpaired) electrons. The van der Waals surface area contributed by atoms with Gasteiger partial charge in [-0.05, 0) is 64.7 Å². The second-order valence-corrected chi connectivity index (χ2v) is 10.8. The first kappa shape index (κ1) is 25.9. The highest BCUT2D eigenvalue weighted by Gasteiger charge is 2.35. The molecule has 5 nitrogen and oxygen atoms in total. The number of rotatable bonds is 8. The Labute approximate surface area is 221 Å². The van der Waals surface area contributed by atoms with Gasteiger partial charge >= 0.3 is 0 Å². The summed E-state index contributed by atoms with van der Waals surface area (Å²) < 4.78 is 11.8. The van der Waals surface area contributed by atoms with Crippen LogP contribution in [0.1, 0.15) is 37.5 Å². The maximum absolute atomic E-state index is 12.9. The molecule has 36 heavy (non-hydrogen) atoms. The number of nitrogens with zero attached hydrogens (tertiary/aromatic N) is 1. The van der Waals surface area contributed by atoms with Crippen molar-refractivity contribution in [1.29, 1.82) is 0 Å². The molecule has 0 aliphatic carbocycles. The number of hydrogen-bond donors (Lipinski definition) is 0. The average Bonchev–Trinajstić information content (AvgIpc) is 3.10. The van der Waals surface area contributed by atoms with E-state index in [1.165, 1.54) is 10.5 Å². The van der Waals surface area contributed by atoms with Crippen molar-refractivity contribution >= 4 is 40.6 Å². The summed E-state index contributed by atoms with van der Waals surface area (Å²) in [6.07, 6.45) is 1.70. The Morgan fingerprint density at radius 3 is 2.36 bits per heavy atom. The van der Waals surface area contributed by atoms with Crippen molar-refractivity contribution in [3.8, 4) is 11.5 Å². The Hall–Kier alpha value is -3.22. The van der Waals surface area contributed by atoms with Gasteiger partial charge in [0.15, 0.2) is 0 Å². The number of thioether (sulfide) groups is 1. The molecule has 0 spiro atoms. The maximum atomic E-state index is 12.9. The molecule has 1 aliphatic rings. The molecule has 0 atom stereocenters. The predicted octanol–water partition coefficient (Wildman–Crippen LogP) is 7.33. The van der Waals surface area contributed by atoms with Crippen LogP contribution in [0, 0.1) is 0 Å². The fraction of sp³-hybridized carbons (Fsp3) is 0.241. The number of carbonyl (C=O) groups is 2. The van der Waals surface area contributed by atoms with Crippen LogP contribution in [-0.4, -0.2) is 29.3 Å². The summed E-state index contributed by atoms with van der Waals surface area (Å²) in [6, 6.07) is 22.6. The summed E-state index contributed by atoms with van der Waals surface area (Å²) in [6.45, 7) is 7.41. The lowest BCUT2D eigenvalue weighted by Crippen LogP contribution is -2.27. The maximum Gasteiger partial charge on any atom is 0.293 e. The van der Waals surface area contributed by atoms with Crippen molar-refractivity contribution < 1.29 is 19.1 Å². The fourth-order valence-electron chi connectivity index (χ4n) is 3.69. The summed E-state index contributed by atoms with van der Waals surface area (Å²) >= 11 is 6.96. The van der Waals surface area contributed by atoms with Crippen LogP contribution < -0.4 is 9.47 Å². The van der Waals surface area contributed by atoms with E-state index in [0.29, 0.717) is 28.9 Å². The van der Waals surface area contributed by atoms with Gasteiger partial charge in [0.2, 0.25) is 0 Å². The first-order chi connectivity index (χ1) is 17.2. The Balaban J connectivity index is 1.37. The largest absolute Gasteiger partial charge is 0.490 e. The van der Waals surface area contributed by atoms with Crippen molar-refractivity contribution in [3.63, 3.8) is 0 Å². The zero-order valence-electron chi connectivity index (χ0n) is 20.5. The summed E-state index contributed by atoms with van der Waals surface area (Å²) in [7, 11) is 0. The molecule has 4 rings (SSSR count). The molecule has 0 bridgehead atoms. The Bertz CT molecular complexity index is 1280. The number of para-hydroxylation sites is 1. The standard InChI is InChI=1S/C29H28ClNO4S/c1-29(2,3)22-11-13-24(14-12-22)34-15-16-35-25-10-5-4-8-21(25)18-26-27(32)31(28(33)36-26)19-20-7-6-9-23(30)17-20/h4-14,17-18H,15-16,19H2,1-3H3/b26-18-. The van der Waals surface area contributed by atoms with Crippen LogP contribution in [0.15, 0.2) is 77.7 Å². The number of halogens is 1.